The zero-order valence-corrected chi connectivity index (χ0v) is 16.6. The van der Waals surface area contributed by atoms with Crippen LogP contribution in [0.1, 0.15) is 62.7 Å². The molecule has 0 aromatic heterocycles. The average molecular weight is 382 g/mol. The summed E-state index contributed by atoms with van der Waals surface area (Å²) >= 11 is 0. The molecule has 1 aromatic carbocycles. The maximum Gasteiger partial charge on any atom is 0.251 e. The molecule has 0 atom stereocenters. The fraction of sp³-hybridized carbons (Fsp3) is 0.632. The Morgan fingerprint density at radius 1 is 1.15 bits per heavy atom. The second-order valence-corrected chi connectivity index (χ2v) is 8.93. The van der Waals surface area contributed by atoms with Crippen molar-refractivity contribution >= 4 is 15.9 Å². The molecule has 1 aliphatic heterocycles. The van der Waals surface area contributed by atoms with Gasteiger partial charge in [-0.05, 0) is 43.9 Å². The third kappa shape index (κ3) is 4.64. The molecule has 2 rings (SSSR count). The Kier molecular flexibility index (Phi) is 7.20. The molecule has 0 spiro atoms. The molecular weight excluding hydrogens is 350 g/mol. The summed E-state index contributed by atoms with van der Waals surface area (Å²) in [5.41, 5.74) is 5.74. The predicted octanol–water partition coefficient (Wildman–Crippen LogP) is 2.50. The number of hydrogen-bond donors (Lipinski definition) is 2. The van der Waals surface area contributed by atoms with Gasteiger partial charge >= 0.3 is 0 Å². The SMILES string of the molecule is CCC(CC)(CN)NC(=O)c1cccc(S(=O)(=O)N2CCCCCC2)c1. The summed E-state index contributed by atoms with van der Waals surface area (Å²) in [7, 11) is -3.57. The van der Waals surface area contributed by atoms with Crippen LogP contribution in [0.15, 0.2) is 29.2 Å². The quantitative estimate of drug-likeness (QED) is 0.759. The summed E-state index contributed by atoms with van der Waals surface area (Å²) in [6.45, 7) is 5.40. The topological polar surface area (TPSA) is 92.5 Å². The van der Waals surface area contributed by atoms with Crippen LogP contribution >= 0.6 is 0 Å². The van der Waals surface area contributed by atoms with Gasteiger partial charge in [0.1, 0.15) is 0 Å². The van der Waals surface area contributed by atoms with E-state index in [1.54, 1.807) is 22.5 Å². The van der Waals surface area contributed by atoms with Crippen molar-refractivity contribution in [2.45, 2.75) is 62.8 Å². The lowest BCUT2D eigenvalue weighted by molar-refractivity contribution is 0.0895. The molecule has 26 heavy (non-hydrogen) atoms. The Morgan fingerprint density at radius 3 is 2.31 bits per heavy atom. The molecule has 6 nitrogen and oxygen atoms in total. The Morgan fingerprint density at radius 2 is 1.77 bits per heavy atom. The van der Waals surface area contributed by atoms with Gasteiger partial charge in [-0.2, -0.15) is 4.31 Å². The molecule has 3 N–H and O–H groups in total. The summed E-state index contributed by atoms with van der Waals surface area (Å²) in [4.78, 5) is 12.9. The van der Waals surface area contributed by atoms with Crippen molar-refractivity contribution < 1.29 is 13.2 Å². The number of carbonyl (C=O) groups is 1. The third-order valence-corrected chi connectivity index (χ3v) is 7.32. The van der Waals surface area contributed by atoms with Crippen LogP contribution in [-0.2, 0) is 10.0 Å². The molecule has 1 heterocycles. The Bertz CT molecular complexity index is 698. The van der Waals surface area contributed by atoms with Crippen molar-refractivity contribution in [1.29, 1.82) is 0 Å². The van der Waals surface area contributed by atoms with Gasteiger partial charge in [0.05, 0.1) is 10.4 Å². The molecule has 0 unspecified atom stereocenters. The lowest BCUT2D eigenvalue weighted by atomic mass is 9.92. The minimum absolute atomic E-state index is 0.179. The molecule has 1 aromatic rings. The Hall–Kier alpha value is -1.44. The van der Waals surface area contributed by atoms with Gasteiger partial charge in [-0.3, -0.25) is 4.79 Å². The predicted molar refractivity (Wildman–Crippen MR) is 104 cm³/mol. The summed E-state index contributed by atoms with van der Waals surface area (Å²) in [5.74, 6) is -0.285. The van der Waals surface area contributed by atoms with E-state index >= 15 is 0 Å². The van der Waals surface area contributed by atoms with Crippen LogP contribution in [-0.4, -0.2) is 43.8 Å². The fourth-order valence-corrected chi connectivity index (χ4v) is 4.87. The van der Waals surface area contributed by atoms with Crippen molar-refractivity contribution in [3.63, 3.8) is 0 Å². The van der Waals surface area contributed by atoms with Crippen molar-refractivity contribution in [2.75, 3.05) is 19.6 Å². The number of rotatable bonds is 7. The van der Waals surface area contributed by atoms with Gasteiger partial charge in [-0.25, -0.2) is 8.42 Å². The normalized spacial score (nSPS) is 16.9. The second-order valence-electron chi connectivity index (χ2n) is 6.99. The van der Waals surface area contributed by atoms with E-state index in [2.05, 4.69) is 5.32 Å². The highest BCUT2D eigenvalue weighted by Crippen LogP contribution is 2.22. The number of sulfonamides is 1. The maximum atomic E-state index is 12.9. The summed E-state index contributed by atoms with van der Waals surface area (Å²) in [5, 5.41) is 2.99. The van der Waals surface area contributed by atoms with Crippen LogP contribution in [0, 0.1) is 0 Å². The second kappa shape index (κ2) is 8.97. The highest BCUT2D eigenvalue weighted by Gasteiger charge is 2.29. The van der Waals surface area contributed by atoms with Crippen LogP contribution in [0.4, 0.5) is 0 Å². The first kappa shape index (κ1) is 20.9. The first-order chi connectivity index (χ1) is 12.4. The molecule has 1 amide bonds. The first-order valence-electron chi connectivity index (χ1n) is 9.51. The number of nitrogens with one attached hydrogen (secondary N) is 1. The maximum absolute atomic E-state index is 12.9. The zero-order valence-electron chi connectivity index (χ0n) is 15.8. The summed E-state index contributed by atoms with van der Waals surface area (Å²) in [6, 6.07) is 6.31. The number of hydrogen-bond acceptors (Lipinski definition) is 4. The average Bonchev–Trinajstić information content (AvgIpc) is 2.96. The van der Waals surface area contributed by atoms with E-state index in [1.165, 1.54) is 6.07 Å². The Balaban J connectivity index is 2.25. The molecule has 1 aliphatic rings. The standard InChI is InChI=1S/C19H31N3O3S/c1-3-19(4-2,15-20)21-18(23)16-10-9-11-17(14-16)26(24,25)22-12-7-5-6-8-13-22/h9-11,14H,3-8,12-13,15,20H2,1-2H3,(H,21,23). The molecule has 1 fully saturated rings. The van der Waals surface area contributed by atoms with Crippen LogP contribution in [0.25, 0.3) is 0 Å². The lowest BCUT2D eigenvalue weighted by Crippen LogP contribution is -2.52. The van der Waals surface area contributed by atoms with Gasteiger partial charge in [0.25, 0.3) is 5.91 Å². The van der Waals surface area contributed by atoms with E-state index in [9.17, 15) is 13.2 Å². The minimum Gasteiger partial charge on any atom is -0.345 e. The summed E-state index contributed by atoms with van der Waals surface area (Å²) in [6.07, 6.45) is 5.32. The first-order valence-corrected chi connectivity index (χ1v) is 11.0. The molecule has 1 saturated heterocycles. The number of carbonyl (C=O) groups excluding carboxylic acids is 1. The number of nitrogens with two attached hydrogens (primary N) is 1. The molecule has 146 valence electrons. The largest absolute Gasteiger partial charge is 0.345 e. The van der Waals surface area contributed by atoms with Gasteiger partial charge in [0.15, 0.2) is 0 Å². The number of amides is 1. The monoisotopic (exact) mass is 381 g/mol. The van der Waals surface area contributed by atoms with Gasteiger partial charge in [0, 0.05) is 25.2 Å². The van der Waals surface area contributed by atoms with E-state index < -0.39 is 15.6 Å². The molecule has 0 radical (unpaired) electrons. The Labute approximate surface area is 157 Å². The summed E-state index contributed by atoms with van der Waals surface area (Å²) < 4.78 is 27.4. The smallest absolute Gasteiger partial charge is 0.251 e. The van der Waals surface area contributed by atoms with Gasteiger partial charge in [-0.15, -0.1) is 0 Å². The van der Waals surface area contributed by atoms with Crippen LogP contribution in [0.5, 0.6) is 0 Å². The van der Waals surface area contributed by atoms with E-state index in [4.69, 9.17) is 5.73 Å². The van der Waals surface area contributed by atoms with E-state index in [0.717, 1.165) is 38.5 Å². The van der Waals surface area contributed by atoms with Crippen molar-refractivity contribution in [3.8, 4) is 0 Å². The van der Waals surface area contributed by atoms with E-state index in [0.29, 0.717) is 25.2 Å². The van der Waals surface area contributed by atoms with Gasteiger partial charge < -0.3 is 11.1 Å². The molecular formula is C19H31N3O3S. The van der Waals surface area contributed by atoms with E-state index in [1.807, 2.05) is 13.8 Å². The molecule has 0 aliphatic carbocycles. The molecule has 0 bridgehead atoms. The van der Waals surface area contributed by atoms with Gasteiger partial charge in [-0.1, -0.05) is 32.8 Å². The third-order valence-electron chi connectivity index (χ3n) is 5.42. The number of nitrogens with zero attached hydrogens (tertiary/aromatic N) is 1. The minimum atomic E-state index is -3.57. The zero-order chi connectivity index (χ0) is 19.2. The van der Waals surface area contributed by atoms with Crippen molar-refractivity contribution in [2.24, 2.45) is 5.73 Å². The van der Waals surface area contributed by atoms with Crippen LogP contribution < -0.4 is 11.1 Å². The van der Waals surface area contributed by atoms with E-state index in [-0.39, 0.29) is 10.8 Å². The molecule has 7 heteroatoms. The highest BCUT2D eigenvalue weighted by molar-refractivity contribution is 7.89. The van der Waals surface area contributed by atoms with Crippen molar-refractivity contribution in [3.05, 3.63) is 29.8 Å². The fourth-order valence-electron chi connectivity index (χ4n) is 3.31. The highest BCUT2D eigenvalue weighted by atomic mass is 32.2. The van der Waals surface area contributed by atoms with Crippen LogP contribution in [0.3, 0.4) is 0 Å². The van der Waals surface area contributed by atoms with Crippen molar-refractivity contribution in [1.82, 2.24) is 9.62 Å². The number of benzene rings is 1. The lowest BCUT2D eigenvalue weighted by Gasteiger charge is -2.31. The molecule has 0 saturated carbocycles. The van der Waals surface area contributed by atoms with Gasteiger partial charge in [0.2, 0.25) is 10.0 Å². The van der Waals surface area contributed by atoms with Crippen LogP contribution in [0.2, 0.25) is 0 Å².